The van der Waals surface area contributed by atoms with Crippen LogP contribution >= 0.6 is 0 Å². The number of fused-ring (bicyclic) bond motifs is 1. The summed E-state index contributed by atoms with van der Waals surface area (Å²) in [5, 5.41) is 8.58. The molecule has 6 heteroatoms. The molecule has 3 aromatic rings. The van der Waals surface area contributed by atoms with Crippen molar-refractivity contribution >= 4 is 23.5 Å². The maximum absolute atomic E-state index is 4.85. The quantitative estimate of drug-likeness (QED) is 0.657. The van der Waals surface area contributed by atoms with Crippen LogP contribution < -0.4 is 9.80 Å². The van der Waals surface area contributed by atoms with Gasteiger partial charge in [0.1, 0.15) is 0 Å². The third-order valence-corrected chi connectivity index (χ3v) is 5.83. The van der Waals surface area contributed by atoms with E-state index < -0.39 is 0 Å². The molecule has 0 atom stereocenters. The first-order chi connectivity index (χ1) is 14.9. The van der Waals surface area contributed by atoms with Gasteiger partial charge in [-0.3, -0.25) is 4.90 Å². The van der Waals surface area contributed by atoms with Crippen molar-refractivity contribution in [3.8, 4) is 0 Å². The van der Waals surface area contributed by atoms with Gasteiger partial charge in [-0.2, -0.15) is 10.1 Å². The maximum atomic E-state index is 4.85. The van der Waals surface area contributed by atoms with Crippen LogP contribution in [0.4, 0.5) is 17.5 Å². The van der Waals surface area contributed by atoms with E-state index in [0.29, 0.717) is 0 Å². The van der Waals surface area contributed by atoms with E-state index in [4.69, 9.17) is 4.98 Å². The first kappa shape index (κ1) is 18.8. The molecule has 0 radical (unpaired) electrons. The molecule has 3 heterocycles. The Morgan fingerprint density at radius 1 is 0.867 bits per heavy atom. The second-order valence-electron chi connectivity index (χ2n) is 7.75. The summed E-state index contributed by atoms with van der Waals surface area (Å²) >= 11 is 0. The third-order valence-electron chi connectivity index (χ3n) is 5.83. The molecule has 1 aromatic heterocycles. The Morgan fingerprint density at radius 3 is 2.53 bits per heavy atom. The summed E-state index contributed by atoms with van der Waals surface area (Å²) in [5.41, 5.74) is 3.85. The molecule has 1 saturated heterocycles. The van der Waals surface area contributed by atoms with E-state index >= 15 is 0 Å². The van der Waals surface area contributed by atoms with Crippen molar-refractivity contribution in [2.75, 3.05) is 49.1 Å². The van der Waals surface area contributed by atoms with Gasteiger partial charge in [0, 0.05) is 45.0 Å². The van der Waals surface area contributed by atoms with Crippen LogP contribution in [0.3, 0.4) is 0 Å². The molecule has 0 unspecified atom stereocenters. The van der Waals surface area contributed by atoms with Crippen LogP contribution in [0.25, 0.3) is 6.08 Å². The molecule has 2 aliphatic heterocycles. The average molecular weight is 399 g/mol. The molecule has 0 spiro atoms. The van der Waals surface area contributed by atoms with Gasteiger partial charge in [-0.1, -0.05) is 60.7 Å². The van der Waals surface area contributed by atoms with Crippen LogP contribution in [0.1, 0.15) is 11.1 Å². The zero-order valence-electron chi connectivity index (χ0n) is 17.1. The van der Waals surface area contributed by atoms with Crippen molar-refractivity contribution in [3.05, 3.63) is 78.0 Å². The highest BCUT2D eigenvalue weighted by molar-refractivity contribution is 5.67. The molecule has 6 nitrogen and oxygen atoms in total. The summed E-state index contributed by atoms with van der Waals surface area (Å²) in [5.74, 6) is 1.62. The van der Waals surface area contributed by atoms with Crippen molar-refractivity contribution in [3.63, 3.8) is 0 Å². The van der Waals surface area contributed by atoms with Crippen LogP contribution in [0.2, 0.25) is 0 Å². The molecule has 0 saturated carbocycles. The van der Waals surface area contributed by atoms with Crippen molar-refractivity contribution in [1.29, 1.82) is 0 Å². The standard InChI is InChI=1S/C24H26N6/c1-2-7-20(8-3-1)9-6-13-28-15-17-29(18-16-28)24-26-23(19-25-27-24)30-14-12-21-10-4-5-11-22(21)30/h1-11,19H,12-18H2/b9-6+. The van der Waals surface area contributed by atoms with E-state index in [0.717, 1.165) is 57.5 Å². The predicted molar refractivity (Wildman–Crippen MR) is 121 cm³/mol. The van der Waals surface area contributed by atoms with Crippen molar-refractivity contribution < 1.29 is 0 Å². The minimum atomic E-state index is 0.733. The Hall–Kier alpha value is -3.25. The minimum Gasteiger partial charge on any atom is -0.337 e. The van der Waals surface area contributed by atoms with Gasteiger partial charge in [0.15, 0.2) is 5.82 Å². The van der Waals surface area contributed by atoms with E-state index in [9.17, 15) is 0 Å². The Balaban J connectivity index is 1.20. The molecule has 0 aliphatic carbocycles. The Kier molecular flexibility index (Phi) is 5.40. The van der Waals surface area contributed by atoms with Crippen molar-refractivity contribution in [1.82, 2.24) is 20.1 Å². The van der Waals surface area contributed by atoms with E-state index in [1.54, 1.807) is 6.20 Å². The normalized spacial score (nSPS) is 16.9. The Morgan fingerprint density at radius 2 is 1.67 bits per heavy atom. The summed E-state index contributed by atoms with van der Waals surface area (Å²) in [4.78, 5) is 11.8. The fourth-order valence-corrected chi connectivity index (χ4v) is 4.16. The summed E-state index contributed by atoms with van der Waals surface area (Å²) in [6, 6.07) is 19.0. The molecule has 30 heavy (non-hydrogen) atoms. The zero-order chi connectivity index (χ0) is 20.2. The van der Waals surface area contributed by atoms with Crippen LogP contribution in [0.5, 0.6) is 0 Å². The monoisotopic (exact) mass is 398 g/mol. The first-order valence-electron chi connectivity index (χ1n) is 10.6. The number of hydrogen-bond acceptors (Lipinski definition) is 6. The van der Waals surface area contributed by atoms with Crippen LogP contribution in [-0.4, -0.2) is 59.3 Å². The zero-order valence-corrected chi connectivity index (χ0v) is 17.1. The molecule has 152 valence electrons. The molecule has 0 bridgehead atoms. The number of aromatic nitrogens is 3. The average Bonchev–Trinajstić information content (AvgIpc) is 3.25. The van der Waals surface area contributed by atoms with Gasteiger partial charge in [0.25, 0.3) is 0 Å². The lowest BCUT2D eigenvalue weighted by Crippen LogP contribution is -2.47. The lowest BCUT2D eigenvalue weighted by molar-refractivity contribution is 0.282. The van der Waals surface area contributed by atoms with Gasteiger partial charge in [-0.05, 0) is 23.6 Å². The second kappa shape index (κ2) is 8.63. The number of hydrogen-bond donors (Lipinski definition) is 0. The summed E-state index contributed by atoms with van der Waals surface area (Å²) in [6.07, 6.45) is 7.26. The minimum absolute atomic E-state index is 0.733. The third kappa shape index (κ3) is 4.04. The lowest BCUT2D eigenvalue weighted by atomic mass is 10.2. The molecule has 2 aromatic carbocycles. The number of nitrogens with zero attached hydrogens (tertiary/aromatic N) is 6. The molecule has 0 amide bonds. The first-order valence-corrected chi connectivity index (χ1v) is 10.6. The molecule has 0 N–H and O–H groups in total. The van der Waals surface area contributed by atoms with Gasteiger partial charge >= 0.3 is 0 Å². The summed E-state index contributed by atoms with van der Waals surface area (Å²) in [6.45, 7) is 5.74. The molecular weight excluding hydrogens is 372 g/mol. The van der Waals surface area contributed by atoms with Gasteiger partial charge in [0.2, 0.25) is 5.95 Å². The smallest absolute Gasteiger partial charge is 0.247 e. The van der Waals surface area contributed by atoms with Gasteiger partial charge in [-0.25, -0.2) is 0 Å². The SMILES string of the molecule is C(=C\c1ccccc1)/CN1CCN(c2nncc(N3CCc4ccccc43)n2)CC1. The molecular formula is C24H26N6. The van der Waals surface area contributed by atoms with Gasteiger partial charge in [-0.15, -0.1) is 5.10 Å². The number of piperazine rings is 1. The van der Waals surface area contributed by atoms with Crippen LogP contribution in [0.15, 0.2) is 66.9 Å². The fraction of sp³-hybridized carbons (Fsp3) is 0.292. The number of rotatable bonds is 5. The van der Waals surface area contributed by atoms with Crippen molar-refractivity contribution in [2.24, 2.45) is 0 Å². The predicted octanol–water partition coefficient (Wildman–Crippen LogP) is 3.40. The highest BCUT2D eigenvalue weighted by Crippen LogP contribution is 2.33. The fourth-order valence-electron chi connectivity index (χ4n) is 4.16. The van der Waals surface area contributed by atoms with Crippen molar-refractivity contribution in [2.45, 2.75) is 6.42 Å². The largest absolute Gasteiger partial charge is 0.337 e. The number of benzene rings is 2. The van der Waals surface area contributed by atoms with Gasteiger partial charge < -0.3 is 9.80 Å². The van der Waals surface area contributed by atoms with E-state index in [-0.39, 0.29) is 0 Å². The van der Waals surface area contributed by atoms with Gasteiger partial charge in [0.05, 0.1) is 6.20 Å². The van der Waals surface area contributed by atoms with E-state index in [2.05, 4.69) is 85.6 Å². The van der Waals surface area contributed by atoms with E-state index in [1.165, 1.54) is 16.8 Å². The second-order valence-corrected chi connectivity index (χ2v) is 7.75. The van der Waals surface area contributed by atoms with E-state index in [1.807, 2.05) is 6.07 Å². The van der Waals surface area contributed by atoms with Crippen LogP contribution in [-0.2, 0) is 6.42 Å². The number of anilines is 3. The summed E-state index contributed by atoms with van der Waals surface area (Å²) in [7, 11) is 0. The lowest BCUT2D eigenvalue weighted by Gasteiger charge is -2.34. The highest BCUT2D eigenvalue weighted by Gasteiger charge is 2.23. The molecule has 1 fully saturated rings. The molecule has 5 rings (SSSR count). The highest BCUT2D eigenvalue weighted by atomic mass is 15.4. The maximum Gasteiger partial charge on any atom is 0.247 e. The summed E-state index contributed by atoms with van der Waals surface area (Å²) < 4.78 is 0. The van der Waals surface area contributed by atoms with Crippen LogP contribution in [0, 0.1) is 0 Å². The Bertz CT molecular complexity index is 1010. The topological polar surface area (TPSA) is 48.4 Å². The Labute approximate surface area is 177 Å². The number of para-hydroxylation sites is 1. The molecule has 2 aliphatic rings.